The number of nitrogens with zero attached hydrogens (tertiary/aromatic N) is 3. The molecule has 2 amide bonds. The molecule has 0 radical (unpaired) electrons. The van der Waals surface area contributed by atoms with Gasteiger partial charge in [0.05, 0.1) is 11.5 Å². The van der Waals surface area contributed by atoms with Gasteiger partial charge in [0.2, 0.25) is 5.91 Å². The number of rotatable bonds is 2. The van der Waals surface area contributed by atoms with E-state index >= 15 is 0 Å². The van der Waals surface area contributed by atoms with Crippen LogP contribution in [0.15, 0.2) is 18.2 Å². The summed E-state index contributed by atoms with van der Waals surface area (Å²) in [7, 11) is 0. The second kappa shape index (κ2) is 4.86. The van der Waals surface area contributed by atoms with Crippen LogP contribution in [0.5, 0.6) is 0 Å². The molecule has 0 aromatic heterocycles. The van der Waals surface area contributed by atoms with E-state index in [0.29, 0.717) is 5.69 Å². The highest BCUT2D eigenvalue weighted by Gasteiger charge is 2.41. The minimum Gasteiger partial charge on any atom is -0.348 e. The fourth-order valence-corrected chi connectivity index (χ4v) is 2.14. The lowest BCUT2D eigenvalue weighted by molar-refractivity contribution is -0.385. The Bertz CT molecular complexity index is 690. The fourth-order valence-electron chi connectivity index (χ4n) is 2.14. The van der Waals surface area contributed by atoms with E-state index in [0.717, 1.165) is 0 Å². The molecule has 8 nitrogen and oxygen atoms in total. The lowest BCUT2D eigenvalue weighted by atomic mass is 9.97. The monoisotopic (exact) mass is 288 g/mol. The van der Waals surface area contributed by atoms with Crippen LogP contribution in [-0.4, -0.2) is 28.8 Å². The number of carbonyl (C=O) groups is 2. The number of nitro benzene ring substituents is 1. The first-order chi connectivity index (χ1) is 9.77. The summed E-state index contributed by atoms with van der Waals surface area (Å²) in [4.78, 5) is 35.1. The van der Waals surface area contributed by atoms with Gasteiger partial charge in [0.1, 0.15) is 17.2 Å². The van der Waals surface area contributed by atoms with Crippen LogP contribution in [0.25, 0.3) is 0 Å². The Morgan fingerprint density at radius 2 is 2.10 bits per heavy atom. The maximum atomic E-state index is 11.9. The highest BCUT2D eigenvalue weighted by Crippen LogP contribution is 2.30. The SMILES string of the molecule is CC1(C)C(=O)NC(=O)CN1c1ccc([N+](=O)[O-])c(C#N)c1. The number of anilines is 1. The van der Waals surface area contributed by atoms with Crippen molar-refractivity contribution in [3.8, 4) is 6.07 Å². The van der Waals surface area contributed by atoms with Gasteiger partial charge in [-0.25, -0.2) is 0 Å². The van der Waals surface area contributed by atoms with E-state index in [4.69, 9.17) is 5.26 Å². The van der Waals surface area contributed by atoms with Crippen molar-refractivity contribution in [1.29, 1.82) is 5.26 Å². The third-order valence-corrected chi connectivity index (χ3v) is 3.39. The zero-order valence-corrected chi connectivity index (χ0v) is 11.4. The molecule has 21 heavy (non-hydrogen) atoms. The number of piperazine rings is 1. The van der Waals surface area contributed by atoms with Gasteiger partial charge in [-0.15, -0.1) is 0 Å². The first kappa shape index (κ1) is 14.5. The molecular formula is C13H12N4O4. The van der Waals surface area contributed by atoms with Crippen molar-refractivity contribution in [3.05, 3.63) is 33.9 Å². The van der Waals surface area contributed by atoms with Crippen LogP contribution in [0.4, 0.5) is 11.4 Å². The number of hydrogen-bond donors (Lipinski definition) is 1. The summed E-state index contributed by atoms with van der Waals surface area (Å²) in [5.74, 6) is -0.924. The Hall–Kier alpha value is -2.95. The molecule has 0 atom stereocenters. The summed E-state index contributed by atoms with van der Waals surface area (Å²) in [5, 5.41) is 22.1. The molecular weight excluding hydrogens is 276 g/mol. The van der Waals surface area contributed by atoms with Gasteiger partial charge in [-0.1, -0.05) is 0 Å². The Morgan fingerprint density at radius 1 is 1.43 bits per heavy atom. The summed E-state index contributed by atoms with van der Waals surface area (Å²) in [6.45, 7) is 3.19. The van der Waals surface area contributed by atoms with Crippen LogP contribution < -0.4 is 10.2 Å². The van der Waals surface area contributed by atoms with Crippen molar-refractivity contribution in [2.75, 3.05) is 11.4 Å². The lowest BCUT2D eigenvalue weighted by Gasteiger charge is -2.41. The zero-order chi connectivity index (χ0) is 15.8. The second-order valence-corrected chi connectivity index (χ2v) is 5.09. The molecule has 1 saturated heterocycles. The number of nitro groups is 1. The zero-order valence-electron chi connectivity index (χ0n) is 11.4. The molecule has 0 aliphatic carbocycles. The van der Waals surface area contributed by atoms with Crippen molar-refractivity contribution in [1.82, 2.24) is 5.32 Å². The highest BCUT2D eigenvalue weighted by atomic mass is 16.6. The van der Waals surface area contributed by atoms with Gasteiger partial charge in [0, 0.05) is 11.8 Å². The first-order valence-corrected chi connectivity index (χ1v) is 6.08. The standard InChI is InChI=1S/C13H12N4O4/c1-13(2)12(19)15-11(18)7-16(13)9-3-4-10(17(20)21)8(5-9)6-14/h3-5H,7H2,1-2H3,(H,15,18,19). The molecule has 0 unspecified atom stereocenters. The van der Waals surface area contributed by atoms with E-state index in [2.05, 4.69) is 5.32 Å². The molecule has 1 heterocycles. The Balaban J connectivity index is 2.51. The molecule has 0 bridgehead atoms. The molecule has 1 aliphatic rings. The molecule has 1 aliphatic heterocycles. The predicted octanol–water partition coefficient (Wildman–Crippen LogP) is 0.708. The maximum Gasteiger partial charge on any atom is 0.287 e. The van der Waals surface area contributed by atoms with E-state index in [1.807, 2.05) is 0 Å². The van der Waals surface area contributed by atoms with Gasteiger partial charge >= 0.3 is 0 Å². The van der Waals surface area contributed by atoms with E-state index in [-0.39, 0.29) is 17.8 Å². The predicted molar refractivity (Wildman–Crippen MR) is 72.4 cm³/mol. The molecule has 1 aromatic carbocycles. The van der Waals surface area contributed by atoms with Crippen molar-refractivity contribution in [2.24, 2.45) is 0 Å². The highest BCUT2D eigenvalue weighted by molar-refractivity contribution is 6.06. The van der Waals surface area contributed by atoms with Gasteiger partial charge in [-0.3, -0.25) is 25.0 Å². The van der Waals surface area contributed by atoms with Crippen molar-refractivity contribution in [2.45, 2.75) is 19.4 Å². The summed E-state index contributed by atoms with van der Waals surface area (Å²) in [6.07, 6.45) is 0. The topological polar surface area (TPSA) is 116 Å². The molecule has 1 fully saturated rings. The summed E-state index contributed by atoms with van der Waals surface area (Å²) in [5.41, 5.74) is -1.03. The largest absolute Gasteiger partial charge is 0.348 e. The van der Waals surface area contributed by atoms with E-state index < -0.39 is 22.3 Å². The van der Waals surface area contributed by atoms with E-state index in [9.17, 15) is 19.7 Å². The average Bonchev–Trinajstić information content (AvgIpc) is 2.42. The maximum absolute atomic E-state index is 11.9. The third-order valence-electron chi connectivity index (χ3n) is 3.39. The van der Waals surface area contributed by atoms with Crippen molar-refractivity contribution in [3.63, 3.8) is 0 Å². The fraction of sp³-hybridized carbons (Fsp3) is 0.308. The van der Waals surface area contributed by atoms with Crippen LogP contribution >= 0.6 is 0 Å². The van der Waals surface area contributed by atoms with Gasteiger partial charge in [0.25, 0.3) is 11.6 Å². The number of imide groups is 1. The third kappa shape index (κ3) is 2.41. The summed E-state index contributed by atoms with van der Waals surface area (Å²) in [6, 6.07) is 5.68. The average molecular weight is 288 g/mol. The molecule has 1 aromatic rings. The van der Waals surface area contributed by atoms with Gasteiger partial charge in [-0.05, 0) is 26.0 Å². The minimum atomic E-state index is -1.00. The second-order valence-electron chi connectivity index (χ2n) is 5.09. The number of hydrogen-bond acceptors (Lipinski definition) is 6. The smallest absolute Gasteiger partial charge is 0.287 e. The molecule has 0 spiro atoms. The molecule has 2 rings (SSSR count). The van der Waals surface area contributed by atoms with E-state index in [1.165, 1.54) is 23.1 Å². The molecule has 108 valence electrons. The number of nitriles is 1. The van der Waals surface area contributed by atoms with Crippen LogP contribution in [0.1, 0.15) is 19.4 Å². The normalized spacial score (nSPS) is 17.1. The molecule has 0 saturated carbocycles. The number of nitrogens with one attached hydrogen (secondary N) is 1. The molecule has 8 heteroatoms. The van der Waals surface area contributed by atoms with Crippen molar-refractivity contribution >= 4 is 23.2 Å². The molecule has 1 N–H and O–H groups in total. The Morgan fingerprint density at radius 3 is 2.67 bits per heavy atom. The number of amides is 2. The van der Waals surface area contributed by atoms with Crippen LogP contribution in [0, 0.1) is 21.4 Å². The van der Waals surface area contributed by atoms with Gasteiger partial charge in [0.15, 0.2) is 0 Å². The summed E-state index contributed by atoms with van der Waals surface area (Å²) >= 11 is 0. The first-order valence-electron chi connectivity index (χ1n) is 6.08. The number of carbonyl (C=O) groups excluding carboxylic acids is 2. The van der Waals surface area contributed by atoms with Crippen molar-refractivity contribution < 1.29 is 14.5 Å². The summed E-state index contributed by atoms with van der Waals surface area (Å²) < 4.78 is 0. The quantitative estimate of drug-likeness (QED) is 0.486. The minimum absolute atomic E-state index is 0.0680. The van der Waals surface area contributed by atoms with Crippen LogP contribution in [-0.2, 0) is 9.59 Å². The van der Waals surface area contributed by atoms with Gasteiger partial charge in [-0.2, -0.15) is 5.26 Å². The van der Waals surface area contributed by atoms with Crippen LogP contribution in [0.3, 0.4) is 0 Å². The van der Waals surface area contributed by atoms with E-state index in [1.54, 1.807) is 19.9 Å². The Labute approximate surface area is 120 Å². The Kier molecular flexibility index (Phi) is 3.35. The van der Waals surface area contributed by atoms with Crippen LogP contribution in [0.2, 0.25) is 0 Å². The van der Waals surface area contributed by atoms with Gasteiger partial charge < -0.3 is 4.90 Å². The number of benzene rings is 1. The lowest BCUT2D eigenvalue weighted by Crippen LogP contribution is -2.64.